The van der Waals surface area contributed by atoms with Crippen molar-refractivity contribution in [1.82, 2.24) is 0 Å². The molecule has 0 unspecified atom stereocenters. The predicted octanol–water partition coefficient (Wildman–Crippen LogP) is 1.11. The predicted molar refractivity (Wildman–Crippen MR) is 68.3 cm³/mol. The average Bonchev–Trinajstić information content (AvgIpc) is 2.20. The summed E-state index contributed by atoms with van der Waals surface area (Å²) in [5.74, 6) is 0.690. The average molecular weight is 243 g/mol. The van der Waals surface area contributed by atoms with Crippen LogP contribution in [-0.4, -0.2) is 18.8 Å². The molecule has 6 heteroatoms. The van der Waals surface area contributed by atoms with Crippen LogP contribution in [0.15, 0.2) is 34.5 Å². The highest BCUT2D eigenvalue weighted by Crippen LogP contribution is 2.15. The molecule has 0 heterocycles. The lowest BCUT2D eigenvalue weighted by molar-refractivity contribution is 0.340. The number of rotatable bonds is 4. The zero-order valence-corrected chi connectivity index (χ0v) is 9.78. The Labute approximate surface area is 101 Å². The summed E-state index contributed by atoms with van der Waals surface area (Å²) in [6.07, 6.45) is 1.55. The Morgan fingerprint density at radius 1 is 1.38 bits per heavy atom. The van der Waals surface area contributed by atoms with Crippen LogP contribution in [0.25, 0.3) is 0 Å². The first-order chi connectivity index (χ1) is 7.24. The zero-order chi connectivity index (χ0) is 11.1. The molecule has 1 aromatic rings. The molecule has 0 atom stereocenters. The van der Waals surface area contributed by atoms with Crippen molar-refractivity contribution in [1.29, 1.82) is 0 Å². The van der Waals surface area contributed by atoms with Gasteiger partial charge in [0.05, 0.1) is 12.8 Å². The molecule has 0 aliphatic heterocycles. The van der Waals surface area contributed by atoms with Crippen molar-refractivity contribution < 1.29 is 4.74 Å². The summed E-state index contributed by atoms with van der Waals surface area (Å²) in [5, 5.41) is 7.22. The molecule has 4 N–H and O–H groups in total. The van der Waals surface area contributed by atoms with E-state index in [9.17, 15) is 0 Å². The van der Waals surface area contributed by atoms with Gasteiger partial charge in [-0.25, -0.2) is 0 Å². The fourth-order valence-electron chi connectivity index (χ4n) is 1.03. The monoisotopic (exact) mass is 242 g/mol. The van der Waals surface area contributed by atoms with Crippen LogP contribution < -0.4 is 16.2 Å². The first-order valence-corrected chi connectivity index (χ1v) is 4.58. The van der Waals surface area contributed by atoms with Gasteiger partial charge in [-0.1, -0.05) is 12.1 Å². The molecule has 1 rings (SSSR count). The van der Waals surface area contributed by atoms with Gasteiger partial charge in [-0.3, -0.25) is 0 Å². The first-order valence-electron chi connectivity index (χ1n) is 4.58. The lowest BCUT2D eigenvalue weighted by Crippen LogP contribution is -2.21. The van der Waals surface area contributed by atoms with Crippen molar-refractivity contribution in [2.45, 2.75) is 6.92 Å². The minimum atomic E-state index is -0.0693. The molecule has 0 radical (unpaired) electrons. The molecule has 0 amide bonds. The van der Waals surface area contributed by atoms with Crippen LogP contribution in [0.3, 0.4) is 0 Å². The van der Waals surface area contributed by atoms with Crippen LogP contribution in [0.4, 0.5) is 0 Å². The third-order valence-electron chi connectivity index (χ3n) is 1.59. The molecule has 5 nitrogen and oxygen atoms in total. The molecule has 0 aromatic heterocycles. The molecule has 0 aliphatic carbocycles. The van der Waals surface area contributed by atoms with E-state index < -0.39 is 0 Å². The Balaban J connectivity index is 0.00000225. The maximum atomic E-state index is 5.39. The lowest BCUT2D eigenvalue weighted by atomic mass is 10.2. The zero-order valence-electron chi connectivity index (χ0n) is 8.96. The van der Waals surface area contributed by atoms with Gasteiger partial charge in [0, 0.05) is 5.56 Å². The fraction of sp³-hybridized carbons (Fsp3) is 0.200. The molecular formula is C10H15ClN4O. The molecule has 1 aromatic carbocycles. The van der Waals surface area contributed by atoms with Gasteiger partial charge in [0.2, 0.25) is 5.96 Å². The minimum absolute atomic E-state index is 0. The maximum Gasteiger partial charge on any atom is 0.211 e. The Morgan fingerprint density at radius 3 is 2.69 bits per heavy atom. The number of hydrogen-bond donors (Lipinski definition) is 2. The van der Waals surface area contributed by atoms with E-state index in [-0.39, 0.29) is 18.4 Å². The summed E-state index contributed by atoms with van der Waals surface area (Å²) in [6, 6.07) is 7.51. The number of para-hydroxylation sites is 1. The molecule has 0 aliphatic rings. The van der Waals surface area contributed by atoms with Gasteiger partial charge in [0.15, 0.2) is 0 Å². The number of benzene rings is 1. The van der Waals surface area contributed by atoms with Crippen LogP contribution >= 0.6 is 12.4 Å². The van der Waals surface area contributed by atoms with Crippen LogP contribution in [0.2, 0.25) is 0 Å². The van der Waals surface area contributed by atoms with Crippen LogP contribution in [-0.2, 0) is 0 Å². The molecular weight excluding hydrogens is 228 g/mol. The number of nitrogens with two attached hydrogens (primary N) is 2. The third-order valence-corrected chi connectivity index (χ3v) is 1.59. The second-order valence-electron chi connectivity index (χ2n) is 2.74. The lowest BCUT2D eigenvalue weighted by Gasteiger charge is -2.04. The van der Waals surface area contributed by atoms with Gasteiger partial charge in [0.1, 0.15) is 5.75 Å². The fourth-order valence-corrected chi connectivity index (χ4v) is 1.03. The standard InChI is InChI=1S/C10H14N4O.ClH/c1-2-15-9-6-4-3-5-8(9)7-13-14-10(11)12;/h3-7H,2H2,1H3,(H4,11,12,14);1H/b13-7+;. The van der Waals surface area contributed by atoms with E-state index in [1.54, 1.807) is 6.21 Å². The minimum Gasteiger partial charge on any atom is -0.493 e. The van der Waals surface area contributed by atoms with Crippen molar-refractivity contribution in [3.63, 3.8) is 0 Å². The Kier molecular flexibility index (Phi) is 6.71. The first kappa shape index (κ1) is 14.2. The summed E-state index contributed by atoms with van der Waals surface area (Å²) >= 11 is 0. The summed E-state index contributed by atoms with van der Waals surface area (Å²) in [7, 11) is 0. The summed E-state index contributed by atoms with van der Waals surface area (Å²) in [5.41, 5.74) is 11.1. The second kappa shape index (κ2) is 7.53. The smallest absolute Gasteiger partial charge is 0.211 e. The molecule has 88 valence electrons. The van der Waals surface area contributed by atoms with E-state index in [0.29, 0.717) is 6.61 Å². The summed E-state index contributed by atoms with van der Waals surface area (Å²) in [6.45, 7) is 2.52. The number of halogens is 1. The third kappa shape index (κ3) is 4.65. The topological polar surface area (TPSA) is 86.0 Å². The largest absolute Gasteiger partial charge is 0.493 e. The second-order valence-corrected chi connectivity index (χ2v) is 2.74. The highest BCUT2D eigenvalue weighted by Gasteiger charge is 1.97. The quantitative estimate of drug-likeness (QED) is 0.471. The van der Waals surface area contributed by atoms with Gasteiger partial charge >= 0.3 is 0 Å². The number of ether oxygens (including phenoxy) is 1. The van der Waals surface area contributed by atoms with Crippen molar-refractivity contribution in [2.24, 2.45) is 21.7 Å². The summed E-state index contributed by atoms with van der Waals surface area (Å²) < 4.78 is 5.39. The van der Waals surface area contributed by atoms with Crippen LogP contribution in [0.5, 0.6) is 5.75 Å². The molecule has 0 saturated carbocycles. The Morgan fingerprint density at radius 2 is 2.06 bits per heavy atom. The SMILES string of the molecule is CCOc1ccccc1/C=N/N=C(N)N.Cl. The van der Waals surface area contributed by atoms with Crippen molar-refractivity contribution in [2.75, 3.05) is 6.61 Å². The number of hydrogen-bond acceptors (Lipinski definition) is 3. The van der Waals surface area contributed by atoms with Crippen LogP contribution in [0.1, 0.15) is 12.5 Å². The van der Waals surface area contributed by atoms with E-state index in [4.69, 9.17) is 16.2 Å². The van der Waals surface area contributed by atoms with E-state index in [1.165, 1.54) is 0 Å². The van der Waals surface area contributed by atoms with E-state index in [2.05, 4.69) is 10.2 Å². The molecule has 0 saturated heterocycles. The number of nitrogens with zero attached hydrogens (tertiary/aromatic N) is 2. The Hall–Kier alpha value is -1.75. The van der Waals surface area contributed by atoms with E-state index in [0.717, 1.165) is 11.3 Å². The van der Waals surface area contributed by atoms with E-state index >= 15 is 0 Å². The van der Waals surface area contributed by atoms with Crippen molar-refractivity contribution in [3.8, 4) is 5.75 Å². The van der Waals surface area contributed by atoms with Gasteiger partial charge in [-0.05, 0) is 19.1 Å². The summed E-state index contributed by atoms with van der Waals surface area (Å²) in [4.78, 5) is 0. The molecule has 0 bridgehead atoms. The van der Waals surface area contributed by atoms with Gasteiger partial charge < -0.3 is 16.2 Å². The van der Waals surface area contributed by atoms with Crippen LogP contribution in [0, 0.1) is 0 Å². The highest BCUT2D eigenvalue weighted by molar-refractivity contribution is 5.85. The van der Waals surface area contributed by atoms with Crippen molar-refractivity contribution >= 4 is 24.6 Å². The molecule has 0 spiro atoms. The van der Waals surface area contributed by atoms with Crippen molar-refractivity contribution in [3.05, 3.63) is 29.8 Å². The normalized spacial score (nSPS) is 9.56. The molecule has 0 fully saturated rings. The molecule has 16 heavy (non-hydrogen) atoms. The van der Waals surface area contributed by atoms with Gasteiger partial charge in [-0.2, -0.15) is 5.10 Å². The van der Waals surface area contributed by atoms with Gasteiger partial charge in [-0.15, -0.1) is 17.5 Å². The van der Waals surface area contributed by atoms with Gasteiger partial charge in [0.25, 0.3) is 0 Å². The van der Waals surface area contributed by atoms with E-state index in [1.807, 2.05) is 31.2 Å². The Bertz CT molecular complexity index is 375. The highest BCUT2D eigenvalue weighted by atomic mass is 35.5. The maximum absolute atomic E-state index is 5.39. The number of guanidine groups is 1.